The van der Waals surface area contributed by atoms with Crippen molar-refractivity contribution in [3.8, 4) is 0 Å². The Kier molecular flexibility index (Phi) is 4.57. The van der Waals surface area contributed by atoms with Gasteiger partial charge in [0.1, 0.15) is 12.2 Å². The summed E-state index contributed by atoms with van der Waals surface area (Å²) in [7, 11) is 0. The molecule has 0 saturated heterocycles. The van der Waals surface area contributed by atoms with Gasteiger partial charge in [-0.15, -0.1) is 0 Å². The van der Waals surface area contributed by atoms with E-state index in [9.17, 15) is 22.8 Å². The molecule has 2 N–H and O–H groups in total. The maximum atomic E-state index is 12.0. The first-order valence-corrected chi connectivity index (χ1v) is 6.80. The summed E-state index contributed by atoms with van der Waals surface area (Å²) in [6.07, 6.45) is -0.872. The summed E-state index contributed by atoms with van der Waals surface area (Å²) in [5.41, 5.74) is 0.242. The fraction of sp³-hybridized carbons (Fsp3) is 0.357. The van der Waals surface area contributed by atoms with Gasteiger partial charge in [-0.3, -0.25) is 9.59 Å². The van der Waals surface area contributed by atoms with Crippen molar-refractivity contribution in [2.45, 2.75) is 26.1 Å². The lowest BCUT2D eigenvalue weighted by molar-refractivity contribution is -0.135. The van der Waals surface area contributed by atoms with Crippen LogP contribution in [0.2, 0.25) is 0 Å². The van der Waals surface area contributed by atoms with Crippen molar-refractivity contribution in [2.75, 3.05) is 6.54 Å². The molecule has 0 saturated carbocycles. The molecule has 2 heterocycles. The maximum Gasteiger partial charge on any atom is 0.405 e. The van der Waals surface area contributed by atoms with Crippen LogP contribution in [0.1, 0.15) is 25.5 Å². The molecule has 0 fully saturated rings. The summed E-state index contributed by atoms with van der Waals surface area (Å²) in [6.45, 7) is 2.39. The van der Waals surface area contributed by atoms with E-state index >= 15 is 0 Å². The third kappa shape index (κ3) is 4.21. The molecule has 0 aliphatic carbocycles. The maximum absolute atomic E-state index is 12.0. The van der Waals surface area contributed by atoms with Crippen molar-refractivity contribution in [1.29, 1.82) is 0 Å². The van der Waals surface area contributed by atoms with E-state index in [2.05, 4.69) is 10.1 Å². The van der Waals surface area contributed by atoms with Crippen molar-refractivity contribution in [1.82, 2.24) is 20.1 Å². The van der Waals surface area contributed by atoms with Crippen molar-refractivity contribution in [3.63, 3.8) is 0 Å². The number of carbonyl (C=O) groups excluding carboxylic acids is 1. The Balaban J connectivity index is 2.21. The number of aromatic nitrogens is 3. The predicted octanol–water partition coefficient (Wildman–Crippen LogP) is 2.00. The van der Waals surface area contributed by atoms with Crippen LogP contribution in [0, 0.1) is 0 Å². The first-order valence-electron chi connectivity index (χ1n) is 6.80. The van der Waals surface area contributed by atoms with E-state index in [-0.39, 0.29) is 11.6 Å². The number of pyridine rings is 1. The van der Waals surface area contributed by atoms with E-state index in [0.717, 1.165) is 12.2 Å². The number of alkyl halides is 3. The zero-order valence-corrected chi connectivity index (χ0v) is 12.4. The number of hydrogen-bond donors (Lipinski definition) is 2. The highest BCUT2D eigenvalue weighted by atomic mass is 19.4. The topological polar surface area (TPSA) is 79.8 Å². The van der Waals surface area contributed by atoms with Gasteiger partial charge >= 0.3 is 6.18 Å². The molecule has 0 aromatic carbocycles. The SMILES string of the molecule is CC(C)n1ncc2cc(C=CC(=O)NCC(F)(F)F)c(=O)[nH]c21. The number of halogens is 3. The quantitative estimate of drug-likeness (QED) is 0.843. The molecule has 2 aromatic heterocycles. The third-order valence-corrected chi connectivity index (χ3v) is 3.00. The molecule has 0 aliphatic heterocycles. The fourth-order valence-electron chi connectivity index (χ4n) is 1.95. The fourth-order valence-corrected chi connectivity index (χ4v) is 1.95. The molecule has 0 spiro atoms. The van der Waals surface area contributed by atoms with Crippen LogP contribution in [0.15, 0.2) is 23.1 Å². The Hall–Kier alpha value is -2.58. The van der Waals surface area contributed by atoms with E-state index in [1.54, 1.807) is 16.2 Å². The lowest BCUT2D eigenvalue weighted by atomic mass is 10.2. The molecular weight excluding hydrogens is 313 g/mol. The van der Waals surface area contributed by atoms with Crippen LogP contribution >= 0.6 is 0 Å². The monoisotopic (exact) mass is 328 g/mol. The van der Waals surface area contributed by atoms with E-state index < -0.39 is 24.2 Å². The van der Waals surface area contributed by atoms with Crippen LogP contribution in [-0.2, 0) is 4.79 Å². The summed E-state index contributed by atoms with van der Waals surface area (Å²) in [5, 5.41) is 6.50. The number of nitrogens with one attached hydrogen (secondary N) is 2. The summed E-state index contributed by atoms with van der Waals surface area (Å²) >= 11 is 0. The molecule has 2 aromatic rings. The Bertz CT molecular complexity index is 802. The minimum atomic E-state index is -4.48. The Morgan fingerprint density at radius 2 is 2.17 bits per heavy atom. The zero-order chi connectivity index (χ0) is 17.2. The number of fused-ring (bicyclic) bond motifs is 1. The van der Waals surface area contributed by atoms with Crippen LogP contribution in [0.3, 0.4) is 0 Å². The number of H-pyrrole nitrogens is 1. The van der Waals surface area contributed by atoms with Crippen molar-refractivity contribution in [2.24, 2.45) is 0 Å². The second-order valence-corrected chi connectivity index (χ2v) is 5.21. The van der Waals surface area contributed by atoms with Gasteiger partial charge in [0, 0.05) is 23.1 Å². The van der Waals surface area contributed by atoms with Crippen molar-refractivity contribution in [3.05, 3.63) is 34.3 Å². The number of carbonyl (C=O) groups is 1. The van der Waals surface area contributed by atoms with E-state index in [1.165, 1.54) is 6.07 Å². The van der Waals surface area contributed by atoms with Gasteiger partial charge in [-0.1, -0.05) is 0 Å². The zero-order valence-electron chi connectivity index (χ0n) is 12.4. The predicted molar refractivity (Wildman–Crippen MR) is 78.8 cm³/mol. The normalized spacial score (nSPS) is 12.4. The second kappa shape index (κ2) is 6.27. The van der Waals surface area contributed by atoms with Gasteiger partial charge in [-0.25, -0.2) is 4.68 Å². The lowest BCUT2D eigenvalue weighted by Gasteiger charge is -2.06. The number of amides is 1. The average Bonchev–Trinajstić information content (AvgIpc) is 2.84. The molecule has 0 bridgehead atoms. The molecule has 1 amide bonds. The van der Waals surface area contributed by atoms with Crippen LogP contribution in [0.25, 0.3) is 17.1 Å². The molecule has 0 radical (unpaired) electrons. The summed E-state index contributed by atoms with van der Waals surface area (Å²) in [6, 6.07) is 1.57. The molecule has 6 nitrogen and oxygen atoms in total. The highest BCUT2D eigenvalue weighted by Crippen LogP contribution is 2.15. The van der Waals surface area contributed by atoms with Crippen molar-refractivity contribution < 1.29 is 18.0 Å². The van der Waals surface area contributed by atoms with Gasteiger partial charge in [0.15, 0.2) is 0 Å². The minimum Gasteiger partial charge on any atom is -0.343 e. The van der Waals surface area contributed by atoms with Crippen LogP contribution in [0.5, 0.6) is 0 Å². The largest absolute Gasteiger partial charge is 0.405 e. The number of nitrogens with zero attached hydrogens (tertiary/aromatic N) is 2. The van der Waals surface area contributed by atoms with E-state index in [0.29, 0.717) is 11.0 Å². The summed E-state index contributed by atoms with van der Waals surface area (Å²) in [5.74, 6) is -0.931. The van der Waals surface area contributed by atoms with E-state index in [1.807, 2.05) is 13.8 Å². The number of hydrogen-bond acceptors (Lipinski definition) is 3. The average molecular weight is 328 g/mol. The van der Waals surface area contributed by atoms with E-state index in [4.69, 9.17) is 0 Å². The van der Waals surface area contributed by atoms with Gasteiger partial charge < -0.3 is 10.3 Å². The van der Waals surface area contributed by atoms with Gasteiger partial charge in [0.2, 0.25) is 5.91 Å². The highest BCUT2D eigenvalue weighted by molar-refractivity contribution is 5.92. The molecule has 124 valence electrons. The first kappa shape index (κ1) is 16.8. The van der Waals surface area contributed by atoms with Gasteiger partial charge in [-0.05, 0) is 26.0 Å². The highest BCUT2D eigenvalue weighted by Gasteiger charge is 2.27. The molecule has 0 aliphatic rings. The molecule has 23 heavy (non-hydrogen) atoms. The van der Waals surface area contributed by atoms with Crippen molar-refractivity contribution >= 4 is 23.0 Å². The molecule has 0 unspecified atom stereocenters. The van der Waals surface area contributed by atoms with Gasteiger partial charge in [0.25, 0.3) is 5.56 Å². The molecule has 0 atom stereocenters. The van der Waals surface area contributed by atoms with Crippen LogP contribution in [0.4, 0.5) is 13.2 Å². The lowest BCUT2D eigenvalue weighted by Crippen LogP contribution is -2.32. The molecular formula is C14H15F3N4O2. The van der Waals surface area contributed by atoms with Gasteiger partial charge in [0.05, 0.1) is 6.20 Å². The van der Waals surface area contributed by atoms with Crippen LogP contribution in [-0.4, -0.2) is 33.4 Å². The van der Waals surface area contributed by atoms with Gasteiger partial charge in [-0.2, -0.15) is 18.3 Å². The Labute approximate surface area is 129 Å². The summed E-state index contributed by atoms with van der Waals surface area (Å²) in [4.78, 5) is 25.9. The second-order valence-electron chi connectivity index (χ2n) is 5.21. The first-order chi connectivity index (χ1) is 10.7. The molecule has 2 rings (SSSR count). The smallest absolute Gasteiger partial charge is 0.343 e. The molecule has 9 heteroatoms. The Morgan fingerprint density at radius 1 is 1.48 bits per heavy atom. The number of aromatic amines is 1. The minimum absolute atomic E-state index is 0.0534. The third-order valence-electron chi connectivity index (χ3n) is 3.00. The van der Waals surface area contributed by atoms with Crippen LogP contribution < -0.4 is 10.9 Å². The summed E-state index contributed by atoms with van der Waals surface area (Å²) < 4.78 is 37.6. The number of rotatable bonds is 4. The Morgan fingerprint density at radius 3 is 2.78 bits per heavy atom. The standard InChI is InChI=1S/C14H15F3N4O2/c1-8(2)21-12-10(6-19-21)5-9(13(23)20-12)3-4-11(22)18-7-14(15,16)17/h3-6,8H,7H2,1-2H3,(H,18,22)(H,20,23).